The molecule has 132 valence electrons. The number of carboxylic acid groups (broad SMARTS) is 1. The van der Waals surface area contributed by atoms with Crippen molar-refractivity contribution in [2.45, 2.75) is 25.3 Å². The van der Waals surface area contributed by atoms with Crippen LogP contribution in [0.3, 0.4) is 0 Å². The fourth-order valence-electron chi connectivity index (χ4n) is 2.67. The lowest BCUT2D eigenvalue weighted by Gasteiger charge is -2.14. The molecule has 6 nitrogen and oxygen atoms in total. The van der Waals surface area contributed by atoms with Crippen molar-refractivity contribution < 1.29 is 14.7 Å². The molecular formula is C20H19N3O3. The highest BCUT2D eigenvalue weighted by atomic mass is 16.4. The number of hydrogen-bond acceptors (Lipinski definition) is 4. The zero-order chi connectivity index (χ0) is 18.4. The third-order valence-electron chi connectivity index (χ3n) is 4.03. The number of benzene rings is 2. The van der Waals surface area contributed by atoms with Crippen LogP contribution in [0.1, 0.15) is 17.7 Å². The SMILES string of the molecule is O=C(CCc1ccccc1)N[C@H](Cc1cnc2ccccc2n1)C(=O)O. The van der Waals surface area contributed by atoms with Gasteiger partial charge in [-0.05, 0) is 24.1 Å². The Morgan fingerprint density at radius 2 is 1.69 bits per heavy atom. The third kappa shape index (κ3) is 4.63. The number of hydrogen-bond donors (Lipinski definition) is 2. The summed E-state index contributed by atoms with van der Waals surface area (Å²) in [6.45, 7) is 0. The van der Waals surface area contributed by atoms with Crippen molar-refractivity contribution >= 4 is 22.9 Å². The minimum Gasteiger partial charge on any atom is -0.480 e. The summed E-state index contributed by atoms with van der Waals surface area (Å²) in [5.74, 6) is -1.39. The van der Waals surface area contributed by atoms with Crippen LogP contribution in [0.2, 0.25) is 0 Å². The number of para-hydroxylation sites is 2. The standard InChI is InChI=1S/C20H19N3O3/c24-19(11-10-14-6-2-1-3-7-14)23-18(20(25)26)12-15-13-21-16-8-4-5-9-17(16)22-15/h1-9,13,18H,10-12H2,(H,23,24)(H,25,26)/t18-/m1/s1. The molecule has 0 bridgehead atoms. The second-order valence-electron chi connectivity index (χ2n) is 6.00. The molecule has 1 atom stereocenters. The zero-order valence-electron chi connectivity index (χ0n) is 14.1. The van der Waals surface area contributed by atoms with Crippen LogP contribution in [-0.2, 0) is 22.4 Å². The van der Waals surface area contributed by atoms with E-state index in [0.29, 0.717) is 17.6 Å². The molecule has 0 aliphatic carbocycles. The summed E-state index contributed by atoms with van der Waals surface area (Å²) in [7, 11) is 0. The Morgan fingerprint density at radius 1 is 1.00 bits per heavy atom. The van der Waals surface area contributed by atoms with E-state index in [0.717, 1.165) is 11.1 Å². The zero-order valence-corrected chi connectivity index (χ0v) is 14.1. The Balaban J connectivity index is 1.62. The van der Waals surface area contributed by atoms with Gasteiger partial charge in [0, 0.05) is 19.0 Å². The van der Waals surface area contributed by atoms with Crippen molar-refractivity contribution in [1.29, 1.82) is 0 Å². The molecule has 3 aromatic rings. The molecule has 0 saturated carbocycles. The van der Waals surface area contributed by atoms with Gasteiger partial charge in [-0.1, -0.05) is 42.5 Å². The lowest BCUT2D eigenvalue weighted by Crippen LogP contribution is -2.42. The van der Waals surface area contributed by atoms with Crippen LogP contribution < -0.4 is 5.32 Å². The normalized spacial score (nSPS) is 11.8. The Morgan fingerprint density at radius 3 is 2.42 bits per heavy atom. The highest BCUT2D eigenvalue weighted by molar-refractivity contribution is 5.84. The largest absolute Gasteiger partial charge is 0.480 e. The number of nitrogens with zero attached hydrogens (tertiary/aromatic N) is 2. The molecule has 1 amide bonds. The predicted octanol–water partition coefficient (Wildman–Crippen LogP) is 2.37. The van der Waals surface area contributed by atoms with E-state index in [1.165, 1.54) is 0 Å². The van der Waals surface area contributed by atoms with Crippen molar-refractivity contribution in [1.82, 2.24) is 15.3 Å². The molecule has 6 heteroatoms. The monoisotopic (exact) mass is 349 g/mol. The van der Waals surface area contributed by atoms with E-state index in [4.69, 9.17) is 0 Å². The summed E-state index contributed by atoms with van der Waals surface area (Å²) < 4.78 is 0. The first-order chi connectivity index (χ1) is 12.6. The van der Waals surface area contributed by atoms with E-state index in [1.54, 1.807) is 6.20 Å². The quantitative estimate of drug-likeness (QED) is 0.683. The van der Waals surface area contributed by atoms with Gasteiger partial charge in [0.25, 0.3) is 0 Å². The summed E-state index contributed by atoms with van der Waals surface area (Å²) in [6.07, 6.45) is 2.44. The van der Waals surface area contributed by atoms with E-state index in [-0.39, 0.29) is 18.7 Å². The topological polar surface area (TPSA) is 92.2 Å². The Bertz CT molecular complexity index is 912. The van der Waals surface area contributed by atoms with Gasteiger partial charge in [-0.15, -0.1) is 0 Å². The van der Waals surface area contributed by atoms with Gasteiger partial charge in [0.2, 0.25) is 5.91 Å². The van der Waals surface area contributed by atoms with Gasteiger partial charge in [-0.25, -0.2) is 9.78 Å². The summed E-state index contributed by atoms with van der Waals surface area (Å²) in [4.78, 5) is 32.3. The molecular weight excluding hydrogens is 330 g/mol. The van der Waals surface area contributed by atoms with Crippen LogP contribution in [0.5, 0.6) is 0 Å². The van der Waals surface area contributed by atoms with Crippen molar-refractivity contribution in [2.75, 3.05) is 0 Å². The molecule has 3 rings (SSSR count). The van der Waals surface area contributed by atoms with E-state index in [9.17, 15) is 14.7 Å². The fourth-order valence-corrected chi connectivity index (χ4v) is 2.67. The molecule has 26 heavy (non-hydrogen) atoms. The molecule has 0 aliphatic rings. The molecule has 0 fully saturated rings. The number of aliphatic carboxylic acids is 1. The molecule has 0 aliphatic heterocycles. The number of amides is 1. The number of carbonyl (C=O) groups excluding carboxylic acids is 1. The summed E-state index contributed by atoms with van der Waals surface area (Å²) in [5.41, 5.74) is 3.01. The van der Waals surface area contributed by atoms with Crippen molar-refractivity contribution in [2.24, 2.45) is 0 Å². The number of carboxylic acids is 1. The average molecular weight is 349 g/mol. The van der Waals surface area contributed by atoms with Crippen molar-refractivity contribution in [3.63, 3.8) is 0 Å². The minimum atomic E-state index is -1.09. The Labute approximate surface area is 150 Å². The first-order valence-corrected chi connectivity index (χ1v) is 8.38. The second-order valence-corrected chi connectivity index (χ2v) is 6.00. The maximum atomic E-state index is 12.1. The molecule has 2 N–H and O–H groups in total. The van der Waals surface area contributed by atoms with Crippen LogP contribution in [-0.4, -0.2) is 33.0 Å². The highest BCUT2D eigenvalue weighted by Crippen LogP contribution is 2.10. The van der Waals surface area contributed by atoms with Gasteiger partial charge in [0.1, 0.15) is 6.04 Å². The van der Waals surface area contributed by atoms with Crippen LogP contribution in [0.4, 0.5) is 0 Å². The maximum absolute atomic E-state index is 12.1. The van der Waals surface area contributed by atoms with Crippen LogP contribution in [0, 0.1) is 0 Å². The number of fused-ring (bicyclic) bond motifs is 1. The van der Waals surface area contributed by atoms with E-state index < -0.39 is 12.0 Å². The predicted molar refractivity (Wildman–Crippen MR) is 97.6 cm³/mol. The van der Waals surface area contributed by atoms with Gasteiger partial charge in [0.05, 0.1) is 16.7 Å². The smallest absolute Gasteiger partial charge is 0.326 e. The third-order valence-corrected chi connectivity index (χ3v) is 4.03. The van der Waals surface area contributed by atoms with Gasteiger partial charge >= 0.3 is 5.97 Å². The number of aryl methyl sites for hydroxylation is 1. The van der Waals surface area contributed by atoms with Gasteiger partial charge in [-0.2, -0.15) is 0 Å². The molecule has 1 aromatic heterocycles. The first-order valence-electron chi connectivity index (χ1n) is 8.38. The number of nitrogens with one attached hydrogen (secondary N) is 1. The van der Waals surface area contributed by atoms with Crippen molar-refractivity contribution in [3.05, 3.63) is 72.1 Å². The number of aromatic nitrogens is 2. The number of rotatable bonds is 7. The van der Waals surface area contributed by atoms with Gasteiger partial charge in [0.15, 0.2) is 0 Å². The van der Waals surface area contributed by atoms with E-state index in [1.807, 2.05) is 54.6 Å². The summed E-state index contributed by atoms with van der Waals surface area (Å²) >= 11 is 0. The maximum Gasteiger partial charge on any atom is 0.326 e. The van der Waals surface area contributed by atoms with E-state index >= 15 is 0 Å². The minimum absolute atomic E-state index is 0.0875. The molecule has 0 spiro atoms. The Kier molecular flexibility index (Phi) is 5.53. The average Bonchev–Trinajstić information content (AvgIpc) is 2.66. The number of carbonyl (C=O) groups is 2. The van der Waals surface area contributed by atoms with Crippen molar-refractivity contribution in [3.8, 4) is 0 Å². The molecule has 2 aromatic carbocycles. The second kappa shape index (κ2) is 8.20. The lowest BCUT2D eigenvalue weighted by molar-refractivity contribution is -0.141. The molecule has 1 heterocycles. The van der Waals surface area contributed by atoms with Gasteiger partial charge < -0.3 is 10.4 Å². The Hall–Kier alpha value is -3.28. The molecule has 0 saturated heterocycles. The van der Waals surface area contributed by atoms with E-state index in [2.05, 4.69) is 15.3 Å². The van der Waals surface area contributed by atoms with Gasteiger partial charge in [-0.3, -0.25) is 9.78 Å². The fraction of sp³-hybridized carbons (Fsp3) is 0.200. The van der Waals surface area contributed by atoms with Crippen LogP contribution in [0.15, 0.2) is 60.8 Å². The van der Waals surface area contributed by atoms with Crippen LogP contribution >= 0.6 is 0 Å². The lowest BCUT2D eigenvalue weighted by atomic mass is 10.1. The van der Waals surface area contributed by atoms with Crippen LogP contribution in [0.25, 0.3) is 11.0 Å². The highest BCUT2D eigenvalue weighted by Gasteiger charge is 2.21. The summed E-state index contributed by atoms with van der Waals surface area (Å²) in [5, 5.41) is 12.0. The first kappa shape index (κ1) is 17.5. The molecule has 0 radical (unpaired) electrons. The molecule has 0 unspecified atom stereocenters. The summed E-state index contributed by atoms with van der Waals surface area (Å²) in [6, 6.07) is 15.9.